The van der Waals surface area contributed by atoms with Crippen LogP contribution in [0.2, 0.25) is 0 Å². The number of hydrogen-bond acceptors (Lipinski definition) is 6. The van der Waals surface area contributed by atoms with Gasteiger partial charge in [0.25, 0.3) is 0 Å². The fourth-order valence-corrected chi connectivity index (χ4v) is 3.64. The number of hydrogen-bond donors (Lipinski definition) is 5. The SMILES string of the molecule is NCCN.O=C(CC1CCCCC1)NC1Cc2cccc(C(=O)O)c2OB1O. The Morgan fingerprint density at radius 3 is 2.46 bits per heavy atom. The summed E-state index contributed by atoms with van der Waals surface area (Å²) in [6, 6.07) is 4.84. The third-order valence-corrected chi connectivity index (χ3v) is 5.06. The third kappa shape index (κ3) is 6.22. The summed E-state index contributed by atoms with van der Waals surface area (Å²) in [5.41, 5.74) is 10.5. The number of para-hydroxylation sites is 1. The molecule has 1 aromatic rings. The number of nitrogens with two attached hydrogens (primary N) is 2. The minimum Gasteiger partial charge on any atom is -0.534 e. The van der Waals surface area contributed by atoms with E-state index in [9.17, 15) is 19.7 Å². The minimum absolute atomic E-state index is 0.0264. The predicted octanol–water partition coefficient (Wildman–Crippen LogP) is 0.698. The maximum absolute atomic E-state index is 12.2. The van der Waals surface area contributed by atoms with Gasteiger partial charge in [-0.15, -0.1) is 0 Å². The molecule has 0 radical (unpaired) electrons. The van der Waals surface area contributed by atoms with Crippen molar-refractivity contribution < 1.29 is 24.4 Å². The summed E-state index contributed by atoms with van der Waals surface area (Å²) < 4.78 is 5.39. The van der Waals surface area contributed by atoms with Crippen molar-refractivity contribution >= 4 is 19.0 Å². The van der Waals surface area contributed by atoms with Gasteiger partial charge in [-0.05, 0) is 36.8 Å². The summed E-state index contributed by atoms with van der Waals surface area (Å²) in [4.78, 5) is 23.5. The van der Waals surface area contributed by atoms with Gasteiger partial charge in [0.2, 0.25) is 5.91 Å². The smallest absolute Gasteiger partial charge is 0.534 e. The molecule has 7 N–H and O–H groups in total. The molecule has 3 rings (SSSR count). The zero-order chi connectivity index (χ0) is 20.5. The number of carbonyl (C=O) groups is 2. The number of aromatic carboxylic acids is 1. The van der Waals surface area contributed by atoms with E-state index in [1.165, 1.54) is 25.3 Å². The van der Waals surface area contributed by atoms with Crippen LogP contribution >= 0.6 is 0 Å². The molecule has 1 heterocycles. The van der Waals surface area contributed by atoms with Crippen LogP contribution in [0.15, 0.2) is 18.2 Å². The van der Waals surface area contributed by atoms with E-state index in [1.807, 2.05) is 0 Å². The second-order valence-corrected chi connectivity index (χ2v) is 7.27. The number of benzene rings is 1. The van der Waals surface area contributed by atoms with Gasteiger partial charge in [0.1, 0.15) is 5.75 Å². The maximum atomic E-state index is 12.2. The Balaban J connectivity index is 0.000000640. The van der Waals surface area contributed by atoms with Crippen LogP contribution in [0.25, 0.3) is 0 Å². The molecule has 8 nitrogen and oxygen atoms in total. The summed E-state index contributed by atoms with van der Waals surface area (Å²) in [6.07, 6.45) is 6.61. The van der Waals surface area contributed by atoms with Crippen LogP contribution in [0.3, 0.4) is 0 Å². The van der Waals surface area contributed by atoms with E-state index in [2.05, 4.69) is 5.32 Å². The number of carboxylic acid groups (broad SMARTS) is 1. The summed E-state index contributed by atoms with van der Waals surface area (Å²) in [6.45, 7) is 1.19. The Kier molecular flexibility index (Phi) is 8.75. The molecule has 1 atom stereocenters. The lowest BCUT2D eigenvalue weighted by Gasteiger charge is -2.29. The molecule has 1 unspecified atom stereocenters. The van der Waals surface area contributed by atoms with Crippen LogP contribution in [0.5, 0.6) is 5.75 Å². The van der Waals surface area contributed by atoms with E-state index in [0.29, 0.717) is 37.4 Å². The van der Waals surface area contributed by atoms with E-state index in [1.54, 1.807) is 12.1 Å². The first-order valence-corrected chi connectivity index (χ1v) is 9.85. The normalized spacial score (nSPS) is 19.0. The number of nitrogens with one attached hydrogen (secondary N) is 1. The molecular weight excluding hydrogens is 361 g/mol. The number of amides is 1. The lowest BCUT2D eigenvalue weighted by atomic mass is 9.72. The second kappa shape index (κ2) is 11.0. The van der Waals surface area contributed by atoms with Gasteiger partial charge < -0.3 is 31.6 Å². The Bertz CT molecular complexity index is 665. The monoisotopic (exact) mass is 391 g/mol. The van der Waals surface area contributed by atoms with E-state index in [-0.39, 0.29) is 17.2 Å². The Morgan fingerprint density at radius 1 is 1.18 bits per heavy atom. The topological polar surface area (TPSA) is 148 Å². The van der Waals surface area contributed by atoms with Crippen molar-refractivity contribution in [3.63, 3.8) is 0 Å². The molecular formula is C19H30BN3O5. The van der Waals surface area contributed by atoms with Gasteiger partial charge in [-0.3, -0.25) is 4.79 Å². The fourth-order valence-electron chi connectivity index (χ4n) is 3.64. The standard InChI is InChI=1S/C17H22BNO5.C2H8N2/c20-15(9-11-5-2-1-3-6-11)19-14-10-12-7-4-8-13(17(21)22)16(12)24-18(14)23;3-1-2-4/h4,7-8,11,14,23H,1-3,5-6,9-10H2,(H,19,20)(H,21,22);1-4H2. The van der Waals surface area contributed by atoms with E-state index >= 15 is 0 Å². The summed E-state index contributed by atoms with van der Waals surface area (Å²) in [5, 5.41) is 22.2. The molecule has 0 saturated heterocycles. The summed E-state index contributed by atoms with van der Waals surface area (Å²) in [7, 11) is -1.24. The largest absolute Gasteiger partial charge is 0.547 e. The van der Waals surface area contributed by atoms with Crippen LogP contribution < -0.4 is 21.4 Å². The molecule has 0 bridgehead atoms. The highest BCUT2D eigenvalue weighted by Crippen LogP contribution is 2.30. The predicted molar refractivity (Wildman–Crippen MR) is 107 cm³/mol. The molecule has 1 aromatic carbocycles. The molecule has 1 fully saturated rings. The lowest BCUT2D eigenvalue weighted by Crippen LogP contribution is -2.53. The van der Waals surface area contributed by atoms with Crippen molar-refractivity contribution in [2.75, 3.05) is 13.1 Å². The second-order valence-electron chi connectivity index (χ2n) is 7.27. The highest BCUT2D eigenvalue weighted by Gasteiger charge is 2.37. The summed E-state index contributed by atoms with van der Waals surface area (Å²) >= 11 is 0. The Morgan fingerprint density at radius 2 is 1.86 bits per heavy atom. The first-order chi connectivity index (χ1) is 13.5. The van der Waals surface area contributed by atoms with Crippen LogP contribution in [-0.2, 0) is 11.2 Å². The molecule has 0 spiro atoms. The number of rotatable bonds is 5. The quantitative estimate of drug-likeness (QED) is 0.464. The van der Waals surface area contributed by atoms with Gasteiger partial charge in [0.15, 0.2) is 0 Å². The molecule has 2 aliphatic rings. The fraction of sp³-hybridized carbons (Fsp3) is 0.579. The molecule has 154 valence electrons. The zero-order valence-electron chi connectivity index (χ0n) is 16.1. The lowest BCUT2D eigenvalue weighted by molar-refractivity contribution is -0.122. The van der Waals surface area contributed by atoms with Crippen LogP contribution in [-0.4, -0.2) is 48.2 Å². The van der Waals surface area contributed by atoms with Crippen molar-refractivity contribution in [2.45, 2.75) is 50.9 Å². The molecule has 1 aliphatic carbocycles. The van der Waals surface area contributed by atoms with Crippen molar-refractivity contribution in [2.24, 2.45) is 17.4 Å². The number of carboxylic acids is 1. The first kappa shape index (κ1) is 22.2. The van der Waals surface area contributed by atoms with Crippen molar-refractivity contribution in [3.05, 3.63) is 29.3 Å². The van der Waals surface area contributed by atoms with Gasteiger partial charge in [-0.1, -0.05) is 31.4 Å². The highest BCUT2D eigenvalue weighted by atomic mass is 16.5. The van der Waals surface area contributed by atoms with Gasteiger partial charge in [-0.2, -0.15) is 0 Å². The van der Waals surface area contributed by atoms with Crippen LogP contribution in [0, 0.1) is 5.92 Å². The van der Waals surface area contributed by atoms with Gasteiger partial charge >= 0.3 is 13.1 Å². The minimum atomic E-state index is -1.24. The van der Waals surface area contributed by atoms with Gasteiger partial charge in [0, 0.05) is 19.5 Å². The average molecular weight is 391 g/mol. The number of carbonyl (C=O) groups excluding carboxylic acids is 1. The first-order valence-electron chi connectivity index (χ1n) is 9.85. The molecule has 1 saturated carbocycles. The van der Waals surface area contributed by atoms with Crippen molar-refractivity contribution in [1.29, 1.82) is 0 Å². The van der Waals surface area contributed by atoms with E-state index < -0.39 is 19.0 Å². The molecule has 1 amide bonds. The van der Waals surface area contributed by atoms with Crippen molar-refractivity contribution in [3.8, 4) is 5.75 Å². The highest BCUT2D eigenvalue weighted by molar-refractivity contribution is 6.47. The Hall–Kier alpha value is -2.10. The molecule has 28 heavy (non-hydrogen) atoms. The third-order valence-electron chi connectivity index (χ3n) is 5.06. The maximum Gasteiger partial charge on any atom is 0.547 e. The van der Waals surface area contributed by atoms with Crippen LogP contribution in [0.4, 0.5) is 0 Å². The van der Waals surface area contributed by atoms with Crippen LogP contribution in [0.1, 0.15) is 54.4 Å². The van der Waals surface area contributed by atoms with E-state index in [0.717, 1.165) is 12.8 Å². The van der Waals surface area contributed by atoms with Gasteiger partial charge in [0.05, 0.1) is 11.5 Å². The molecule has 1 aliphatic heterocycles. The van der Waals surface area contributed by atoms with E-state index in [4.69, 9.17) is 16.1 Å². The molecule has 9 heteroatoms. The average Bonchev–Trinajstić information content (AvgIpc) is 2.69. The molecule has 0 aromatic heterocycles. The van der Waals surface area contributed by atoms with Crippen molar-refractivity contribution in [1.82, 2.24) is 5.32 Å². The Labute approximate surface area is 165 Å². The summed E-state index contributed by atoms with van der Waals surface area (Å²) in [5.74, 6) is -1.12. The zero-order valence-corrected chi connectivity index (χ0v) is 16.1. The number of fused-ring (bicyclic) bond motifs is 1. The van der Waals surface area contributed by atoms with Gasteiger partial charge in [-0.25, -0.2) is 4.79 Å².